The van der Waals surface area contributed by atoms with Gasteiger partial charge in [-0.05, 0) is 24.2 Å². The summed E-state index contributed by atoms with van der Waals surface area (Å²) in [5.74, 6) is 0.312. The lowest BCUT2D eigenvalue weighted by Crippen LogP contribution is -2.24. The second kappa shape index (κ2) is 2.52. The Labute approximate surface area is 62.8 Å². The van der Waals surface area contributed by atoms with Crippen LogP contribution in [0.1, 0.15) is 40.0 Å². The fraction of sp³-hybridized carbons (Fsp3) is 1.00. The topological polar surface area (TPSA) is 0 Å². The molecule has 0 amide bonds. The lowest BCUT2D eigenvalue weighted by atomic mass is 9.79. The molecule has 1 fully saturated rings. The van der Waals surface area contributed by atoms with Crippen molar-refractivity contribution in [2.45, 2.75) is 46.2 Å². The summed E-state index contributed by atoms with van der Waals surface area (Å²) in [4.78, 5) is 0. The minimum Gasteiger partial charge on any atom is -0.247 e. The first-order valence-electron chi connectivity index (χ1n) is 4.16. The molecule has 0 aromatic carbocycles. The third kappa shape index (κ3) is 1.50. The van der Waals surface area contributed by atoms with Crippen molar-refractivity contribution in [1.29, 1.82) is 0 Å². The number of rotatable bonds is 0. The summed E-state index contributed by atoms with van der Waals surface area (Å²) in [5.41, 5.74) is 0.177. The average molecular weight is 144 g/mol. The maximum Gasteiger partial charge on any atom is 0.103 e. The molecule has 60 valence electrons. The summed E-state index contributed by atoms with van der Waals surface area (Å²) in [6.45, 7) is 6.40. The first-order valence-corrected chi connectivity index (χ1v) is 4.16. The molecule has 10 heavy (non-hydrogen) atoms. The highest BCUT2D eigenvalue weighted by atomic mass is 19.1. The predicted molar refractivity (Wildman–Crippen MR) is 41.7 cm³/mol. The standard InChI is InChI=1S/C9H17F/c1-9(2,3)7-5-4-6-8(7)10/h7-8H,4-6H2,1-3H3. The van der Waals surface area contributed by atoms with Crippen LogP contribution in [-0.4, -0.2) is 6.17 Å². The van der Waals surface area contributed by atoms with Crippen molar-refractivity contribution < 1.29 is 4.39 Å². The van der Waals surface area contributed by atoms with Crippen molar-refractivity contribution in [2.75, 3.05) is 0 Å². The van der Waals surface area contributed by atoms with Gasteiger partial charge in [-0.1, -0.05) is 27.2 Å². The van der Waals surface area contributed by atoms with Crippen LogP contribution in [0.3, 0.4) is 0 Å². The second-order valence-electron chi connectivity index (χ2n) is 4.42. The summed E-state index contributed by atoms with van der Waals surface area (Å²) >= 11 is 0. The molecule has 1 heteroatoms. The summed E-state index contributed by atoms with van der Waals surface area (Å²) in [6.07, 6.45) is 2.44. The van der Waals surface area contributed by atoms with Gasteiger partial charge in [-0.2, -0.15) is 0 Å². The Bertz CT molecular complexity index is 112. The second-order valence-corrected chi connectivity index (χ2v) is 4.42. The highest BCUT2D eigenvalue weighted by molar-refractivity contribution is 4.85. The number of hydrogen-bond donors (Lipinski definition) is 0. The zero-order valence-electron chi connectivity index (χ0n) is 7.15. The molecule has 0 nitrogen and oxygen atoms in total. The molecule has 0 saturated heterocycles. The van der Waals surface area contributed by atoms with Crippen LogP contribution in [0.2, 0.25) is 0 Å². The van der Waals surface area contributed by atoms with Gasteiger partial charge in [0.15, 0.2) is 0 Å². The largest absolute Gasteiger partial charge is 0.247 e. The SMILES string of the molecule is CC(C)(C)C1CCCC1F. The van der Waals surface area contributed by atoms with Crippen molar-refractivity contribution in [3.8, 4) is 0 Å². The Morgan fingerprint density at radius 3 is 2.00 bits per heavy atom. The minimum absolute atomic E-state index is 0.177. The first kappa shape index (κ1) is 8.03. The predicted octanol–water partition coefficient (Wildman–Crippen LogP) is 3.17. The number of hydrogen-bond acceptors (Lipinski definition) is 0. The highest BCUT2D eigenvalue weighted by Crippen LogP contribution is 2.40. The lowest BCUT2D eigenvalue weighted by molar-refractivity contribution is 0.144. The van der Waals surface area contributed by atoms with Crippen molar-refractivity contribution in [3.63, 3.8) is 0 Å². The fourth-order valence-electron chi connectivity index (χ4n) is 1.89. The molecule has 0 bridgehead atoms. The van der Waals surface area contributed by atoms with Crippen LogP contribution < -0.4 is 0 Å². The van der Waals surface area contributed by atoms with Gasteiger partial charge in [0.1, 0.15) is 6.17 Å². The zero-order valence-corrected chi connectivity index (χ0v) is 7.15. The Morgan fingerprint density at radius 2 is 1.80 bits per heavy atom. The fourth-order valence-corrected chi connectivity index (χ4v) is 1.89. The minimum atomic E-state index is -0.528. The molecule has 1 aliphatic carbocycles. The molecule has 0 N–H and O–H groups in total. The molecule has 0 heterocycles. The van der Waals surface area contributed by atoms with Gasteiger partial charge in [0.2, 0.25) is 0 Å². The molecule has 0 aliphatic heterocycles. The quantitative estimate of drug-likeness (QED) is 0.490. The van der Waals surface area contributed by atoms with Crippen molar-refractivity contribution in [2.24, 2.45) is 11.3 Å². The van der Waals surface area contributed by atoms with Crippen LogP contribution in [0.5, 0.6) is 0 Å². The number of alkyl halides is 1. The zero-order chi connectivity index (χ0) is 7.78. The van der Waals surface area contributed by atoms with Gasteiger partial charge >= 0.3 is 0 Å². The van der Waals surface area contributed by atoms with Gasteiger partial charge in [0.05, 0.1) is 0 Å². The Kier molecular flexibility index (Phi) is 2.02. The molecule has 0 aromatic heterocycles. The van der Waals surface area contributed by atoms with Crippen LogP contribution >= 0.6 is 0 Å². The molecule has 0 spiro atoms. The third-order valence-electron chi connectivity index (χ3n) is 2.54. The van der Waals surface area contributed by atoms with Gasteiger partial charge in [-0.15, -0.1) is 0 Å². The lowest BCUT2D eigenvalue weighted by Gasteiger charge is -2.28. The van der Waals surface area contributed by atoms with Crippen molar-refractivity contribution in [3.05, 3.63) is 0 Å². The monoisotopic (exact) mass is 144 g/mol. The molecule has 1 rings (SSSR count). The van der Waals surface area contributed by atoms with Gasteiger partial charge in [-0.3, -0.25) is 0 Å². The average Bonchev–Trinajstić information content (AvgIpc) is 2.11. The molecule has 0 aromatic rings. The van der Waals surface area contributed by atoms with Gasteiger partial charge in [0.25, 0.3) is 0 Å². The van der Waals surface area contributed by atoms with E-state index < -0.39 is 6.17 Å². The van der Waals surface area contributed by atoms with Crippen LogP contribution in [0, 0.1) is 11.3 Å². The molecular formula is C9H17F. The Morgan fingerprint density at radius 1 is 1.20 bits per heavy atom. The van der Waals surface area contributed by atoms with E-state index in [0.29, 0.717) is 5.92 Å². The van der Waals surface area contributed by atoms with E-state index in [9.17, 15) is 4.39 Å². The van der Waals surface area contributed by atoms with Gasteiger partial charge in [0, 0.05) is 0 Å². The maximum absolute atomic E-state index is 13.1. The smallest absolute Gasteiger partial charge is 0.103 e. The molecule has 2 atom stereocenters. The van der Waals surface area contributed by atoms with Gasteiger partial charge < -0.3 is 0 Å². The van der Waals surface area contributed by atoms with Crippen LogP contribution in [0.25, 0.3) is 0 Å². The highest BCUT2D eigenvalue weighted by Gasteiger charge is 2.35. The van der Waals surface area contributed by atoms with E-state index in [2.05, 4.69) is 20.8 Å². The summed E-state index contributed by atoms with van der Waals surface area (Å²) in [7, 11) is 0. The van der Waals surface area contributed by atoms with E-state index in [1.54, 1.807) is 0 Å². The van der Waals surface area contributed by atoms with E-state index in [1.165, 1.54) is 0 Å². The summed E-state index contributed by atoms with van der Waals surface area (Å²) in [6, 6.07) is 0. The van der Waals surface area contributed by atoms with E-state index in [-0.39, 0.29) is 5.41 Å². The van der Waals surface area contributed by atoms with Crippen molar-refractivity contribution >= 4 is 0 Å². The van der Waals surface area contributed by atoms with Crippen LogP contribution in [0.4, 0.5) is 4.39 Å². The van der Waals surface area contributed by atoms with Gasteiger partial charge in [-0.25, -0.2) is 4.39 Å². The molecule has 2 unspecified atom stereocenters. The Balaban J connectivity index is 2.55. The Hall–Kier alpha value is -0.0700. The number of halogens is 1. The summed E-state index contributed by atoms with van der Waals surface area (Å²) in [5, 5.41) is 0. The molecular weight excluding hydrogens is 127 g/mol. The molecule has 1 saturated carbocycles. The first-order chi connectivity index (χ1) is 4.52. The molecule has 1 aliphatic rings. The van der Waals surface area contributed by atoms with Crippen LogP contribution in [0.15, 0.2) is 0 Å². The third-order valence-corrected chi connectivity index (χ3v) is 2.54. The maximum atomic E-state index is 13.1. The van der Waals surface area contributed by atoms with E-state index in [4.69, 9.17) is 0 Å². The van der Waals surface area contributed by atoms with E-state index in [1.807, 2.05) is 0 Å². The molecule has 0 radical (unpaired) electrons. The van der Waals surface area contributed by atoms with Crippen LogP contribution in [-0.2, 0) is 0 Å². The summed E-state index contributed by atoms with van der Waals surface area (Å²) < 4.78 is 13.1. The van der Waals surface area contributed by atoms with E-state index >= 15 is 0 Å². The van der Waals surface area contributed by atoms with Crippen molar-refractivity contribution in [1.82, 2.24) is 0 Å². The van der Waals surface area contributed by atoms with E-state index in [0.717, 1.165) is 19.3 Å². The normalized spacial score (nSPS) is 34.8.